The predicted octanol–water partition coefficient (Wildman–Crippen LogP) is 2.76. The average molecular weight is 396 g/mol. The molecule has 8 nitrogen and oxygen atoms in total. The number of esters is 1. The van der Waals surface area contributed by atoms with Crippen LogP contribution < -0.4 is 11.1 Å². The van der Waals surface area contributed by atoms with E-state index in [1.54, 1.807) is 55.5 Å². The molecule has 0 aliphatic rings. The molecule has 0 fully saturated rings. The summed E-state index contributed by atoms with van der Waals surface area (Å²) in [6.45, 7) is 1.43. The summed E-state index contributed by atoms with van der Waals surface area (Å²) in [6, 6.07) is 13.2. The van der Waals surface area contributed by atoms with E-state index in [2.05, 4.69) is 5.32 Å². The zero-order valence-corrected chi connectivity index (χ0v) is 15.8. The summed E-state index contributed by atoms with van der Waals surface area (Å²) < 4.78 is 11.5. The van der Waals surface area contributed by atoms with E-state index < -0.39 is 18.3 Å². The van der Waals surface area contributed by atoms with Gasteiger partial charge >= 0.3 is 11.7 Å². The van der Waals surface area contributed by atoms with Crippen molar-refractivity contribution < 1.29 is 23.5 Å². The lowest BCUT2D eigenvalue weighted by Crippen LogP contribution is -2.19. The van der Waals surface area contributed by atoms with Crippen molar-refractivity contribution in [2.24, 2.45) is 0 Å². The van der Waals surface area contributed by atoms with Crippen molar-refractivity contribution in [2.45, 2.75) is 26.3 Å². The van der Waals surface area contributed by atoms with Gasteiger partial charge < -0.3 is 14.5 Å². The molecule has 8 heteroatoms. The molecule has 0 saturated heterocycles. The number of benzene rings is 2. The summed E-state index contributed by atoms with van der Waals surface area (Å²) in [6.07, 6.45) is 0.288. The van der Waals surface area contributed by atoms with E-state index in [4.69, 9.17) is 9.15 Å². The molecule has 0 aliphatic carbocycles. The highest BCUT2D eigenvalue weighted by atomic mass is 16.5. The number of ether oxygens (including phenoxy) is 1. The summed E-state index contributed by atoms with van der Waals surface area (Å²) in [5.41, 5.74) is 1.99. The van der Waals surface area contributed by atoms with Crippen molar-refractivity contribution in [2.75, 3.05) is 11.9 Å². The molecule has 3 aromatic rings. The first-order chi connectivity index (χ1) is 14.0. The lowest BCUT2D eigenvalue weighted by Gasteiger charge is -2.07. The molecule has 0 bridgehead atoms. The van der Waals surface area contributed by atoms with E-state index in [1.165, 1.54) is 4.57 Å². The number of nitrogens with zero attached hydrogens (tertiary/aromatic N) is 1. The van der Waals surface area contributed by atoms with Gasteiger partial charge in [0.2, 0.25) is 5.91 Å². The molecule has 0 aliphatic heterocycles. The minimum atomic E-state index is -0.595. The van der Waals surface area contributed by atoms with E-state index in [-0.39, 0.29) is 24.7 Å². The van der Waals surface area contributed by atoms with Crippen LogP contribution in [0.1, 0.15) is 30.1 Å². The third-order valence-electron chi connectivity index (χ3n) is 4.29. The number of carbonyl (C=O) groups is 3. The van der Waals surface area contributed by atoms with Crippen LogP contribution in [0.5, 0.6) is 0 Å². The van der Waals surface area contributed by atoms with Gasteiger partial charge in [-0.3, -0.25) is 19.0 Å². The second-order valence-corrected chi connectivity index (χ2v) is 6.30. The van der Waals surface area contributed by atoms with Crippen LogP contribution in [0, 0.1) is 0 Å². The van der Waals surface area contributed by atoms with Gasteiger partial charge in [0, 0.05) is 24.2 Å². The Labute approximate surface area is 166 Å². The maximum atomic E-state index is 12.2. The third-order valence-corrected chi connectivity index (χ3v) is 4.29. The number of Topliss-reactive ketones (excluding diaryl/α,β-unsaturated/α-hetero) is 1. The fourth-order valence-corrected chi connectivity index (χ4v) is 2.72. The Morgan fingerprint density at radius 3 is 2.52 bits per heavy atom. The van der Waals surface area contributed by atoms with E-state index >= 15 is 0 Å². The maximum absolute atomic E-state index is 12.2. The third kappa shape index (κ3) is 4.98. The molecule has 0 atom stereocenters. The number of amides is 1. The Balaban J connectivity index is 1.51. The zero-order valence-electron chi connectivity index (χ0n) is 15.8. The van der Waals surface area contributed by atoms with E-state index in [0.717, 1.165) is 0 Å². The van der Waals surface area contributed by atoms with Gasteiger partial charge in [0.15, 0.2) is 18.0 Å². The number of aryl methyl sites for hydroxylation is 1. The molecular weight excluding hydrogens is 376 g/mol. The SMILES string of the molecule is CCC(=O)Nc1ccc(C(=O)COC(=O)CCn2c(=O)oc3ccccc32)cc1. The highest BCUT2D eigenvalue weighted by Gasteiger charge is 2.13. The summed E-state index contributed by atoms with van der Waals surface area (Å²) >= 11 is 0. The molecule has 150 valence electrons. The zero-order chi connectivity index (χ0) is 20.8. The number of hydrogen-bond donors (Lipinski definition) is 1. The second kappa shape index (κ2) is 9.01. The van der Waals surface area contributed by atoms with Crippen LogP contribution in [0.25, 0.3) is 11.1 Å². The van der Waals surface area contributed by atoms with Crippen molar-refractivity contribution in [1.29, 1.82) is 0 Å². The number of fused-ring (bicyclic) bond motifs is 1. The molecule has 2 aromatic carbocycles. The van der Waals surface area contributed by atoms with Gasteiger partial charge in [-0.25, -0.2) is 4.79 Å². The van der Waals surface area contributed by atoms with Gasteiger partial charge in [0.05, 0.1) is 11.9 Å². The molecule has 3 rings (SSSR count). The number of nitrogens with one attached hydrogen (secondary N) is 1. The highest BCUT2D eigenvalue weighted by molar-refractivity contribution is 5.98. The van der Waals surface area contributed by atoms with E-state index in [0.29, 0.717) is 28.8 Å². The fourth-order valence-electron chi connectivity index (χ4n) is 2.72. The highest BCUT2D eigenvalue weighted by Crippen LogP contribution is 2.13. The number of carbonyl (C=O) groups excluding carboxylic acids is 3. The largest absolute Gasteiger partial charge is 0.457 e. The average Bonchev–Trinajstić information content (AvgIpc) is 3.05. The molecule has 0 saturated carbocycles. The second-order valence-electron chi connectivity index (χ2n) is 6.30. The molecule has 1 amide bonds. The first-order valence-electron chi connectivity index (χ1n) is 9.15. The Bertz CT molecular complexity index is 1090. The van der Waals surface area contributed by atoms with Gasteiger partial charge in [-0.05, 0) is 36.4 Å². The minimum absolute atomic E-state index is 0.0707. The van der Waals surface area contributed by atoms with E-state index in [1.807, 2.05) is 0 Å². The summed E-state index contributed by atoms with van der Waals surface area (Å²) in [5, 5.41) is 2.68. The number of rotatable bonds is 8. The van der Waals surface area contributed by atoms with Crippen LogP contribution in [-0.4, -0.2) is 28.8 Å². The van der Waals surface area contributed by atoms with Gasteiger partial charge in [-0.1, -0.05) is 19.1 Å². The van der Waals surface area contributed by atoms with E-state index in [9.17, 15) is 19.2 Å². The van der Waals surface area contributed by atoms with Crippen molar-refractivity contribution in [1.82, 2.24) is 4.57 Å². The molecule has 29 heavy (non-hydrogen) atoms. The van der Waals surface area contributed by atoms with Crippen molar-refractivity contribution in [3.63, 3.8) is 0 Å². The maximum Gasteiger partial charge on any atom is 0.419 e. The van der Waals surface area contributed by atoms with Crippen LogP contribution >= 0.6 is 0 Å². The Morgan fingerprint density at radius 1 is 1.07 bits per heavy atom. The van der Waals surface area contributed by atoms with Crippen molar-refractivity contribution >= 4 is 34.4 Å². The smallest absolute Gasteiger partial charge is 0.419 e. The van der Waals surface area contributed by atoms with Crippen molar-refractivity contribution in [3.05, 3.63) is 64.6 Å². The molecule has 1 aromatic heterocycles. The molecule has 0 spiro atoms. The number of ketones is 1. The lowest BCUT2D eigenvalue weighted by molar-refractivity contribution is -0.142. The first kappa shape index (κ1) is 20.1. The summed E-state index contributed by atoms with van der Waals surface area (Å²) in [7, 11) is 0. The minimum Gasteiger partial charge on any atom is -0.457 e. The monoisotopic (exact) mass is 396 g/mol. The Kier molecular flexibility index (Phi) is 6.23. The quantitative estimate of drug-likeness (QED) is 0.463. The lowest BCUT2D eigenvalue weighted by atomic mass is 10.1. The topological polar surface area (TPSA) is 108 Å². The molecular formula is C21H20N2O6. The van der Waals surface area contributed by atoms with Crippen LogP contribution in [0.2, 0.25) is 0 Å². The summed E-state index contributed by atoms with van der Waals surface area (Å²) in [4.78, 5) is 47.4. The number of para-hydroxylation sites is 2. The molecule has 1 N–H and O–H groups in total. The normalized spacial score (nSPS) is 10.7. The molecule has 1 heterocycles. The van der Waals surface area contributed by atoms with Crippen LogP contribution in [0.3, 0.4) is 0 Å². The van der Waals surface area contributed by atoms with Crippen LogP contribution in [0.4, 0.5) is 5.69 Å². The molecule has 0 unspecified atom stereocenters. The van der Waals surface area contributed by atoms with Gasteiger partial charge in [-0.15, -0.1) is 0 Å². The molecule has 0 radical (unpaired) electrons. The van der Waals surface area contributed by atoms with Gasteiger partial charge in [0.25, 0.3) is 0 Å². The van der Waals surface area contributed by atoms with Crippen molar-refractivity contribution in [3.8, 4) is 0 Å². The van der Waals surface area contributed by atoms with Gasteiger partial charge in [0.1, 0.15) is 0 Å². The first-order valence-corrected chi connectivity index (χ1v) is 9.15. The number of hydrogen-bond acceptors (Lipinski definition) is 6. The Morgan fingerprint density at radius 2 is 1.79 bits per heavy atom. The predicted molar refractivity (Wildman–Crippen MR) is 106 cm³/mol. The van der Waals surface area contributed by atoms with Crippen LogP contribution in [-0.2, 0) is 20.9 Å². The van der Waals surface area contributed by atoms with Crippen LogP contribution in [0.15, 0.2) is 57.7 Å². The number of aromatic nitrogens is 1. The number of anilines is 1. The standard InChI is InChI=1S/C21H20N2O6/c1-2-19(25)22-15-9-7-14(8-10-15)17(24)13-28-20(26)11-12-23-16-5-3-4-6-18(16)29-21(23)27/h3-10H,2,11-13H2,1H3,(H,22,25). The fraction of sp³-hybridized carbons (Fsp3) is 0.238. The van der Waals surface area contributed by atoms with Gasteiger partial charge in [-0.2, -0.15) is 0 Å². The summed E-state index contributed by atoms with van der Waals surface area (Å²) in [5.74, 6) is -1.63. The Hall–Kier alpha value is -3.68. The number of oxazole rings is 1.